The summed E-state index contributed by atoms with van der Waals surface area (Å²) in [6.45, 7) is 0. The van der Waals surface area contributed by atoms with Gasteiger partial charge in [0, 0.05) is 17.2 Å². The topological polar surface area (TPSA) is 0 Å². The van der Waals surface area contributed by atoms with Crippen LogP contribution in [0.5, 0.6) is 0 Å². The number of hydrogen-bond donors (Lipinski definition) is 0. The van der Waals surface area contributed by atoms with Crippen LogP contribution in [0, 0.1) is 6.08 Å². The van der Waals surface area contributed by atoms with E-state index in [9.17, 15) is 0 Å². The van der Waals surface area contributed by atoms with Crippen LogP contribution < -0.4 is 0 Å². The fourth-order valence-corrected chi connectivity index (χ4v) is 2.07. The van der Waals surface area contributed by atoms with Crippen LogP contribution in [0.15, 0.2) is 78.9 Å². The molecule has 0 atom stereocenters. The van der Waals surface area contributed by atoms with Crippen LogP contribution in [-0.2, 0) is 0 Å². The molecule has 84 valence electrons. The van der Waals surface area contributed by atoms with Gasteiger partial charge < -0.3 is 0 Å². The molecule has 0 radical (unpaired) electrons. The molecule has 0 aromatic heterocycles. The Morgan fingerprint density at radius 1 is 0.611 bits per heavy atom. The van der Waals surface area contributed by atoms with E-state index < -0.39 is 0 Å². The largest absolute Gasteiger partial charge is 0.111 e. The van der Waals surface area contributed by atoms with Crippen molar-refractivity contribution < 1.29 is 0 Å². The first-order chi connectivity index (χ1) is 8.93. The molecule has 0 nitrogen and oxygen atoms in total. The van der Waals surface area contributed by atoms with E-state index in [0.717, 1.165) is 0 Å². The number of rotatable bonds is 2. The lowest BCUT2D eigenvalue weighted by Gasteiger charge is -2.01. The summed E-state index contributed by atoms with van der Waals surface area (Å²) in [5, 5.41) is 0. The van der Waals surface area contributed by atoms with Gasteiger partial charge in [0.1, 0.15) is 12.2 Å². The van der Waals surface area contributed by atoms with Crippen molar-refractivity contribution in [1.29, 1.82) is 0 Å². The van der Waals surface area contributed by atoms with Gasteiger partial charge in [-0.1, -0.05) is 36.4 Å². The third kappa shape index (κ3) is 2.15. The molecule has 0 heterocycles. The Bertz CT molecular complexity index is 573. The van der Waals surface area contributed by atoms with Crippen molar-refractivity contribution in [2.24, 2.45) is 0 Å². The zero-order valence-corrected chi connectivity index (χ0v) is 10.0. The van der Waals surface area contributed by atoms with Crippen LogP contribution in [-0.4, -0.2) is 0 Å². The molecule has 0 N–H and O–H groups in total. The molecule has 0 unspecified atom stereocenters. The summed E-state index contributed by atoms with van der Waals surface area (Å²) >= 11 is 0. The van der Waals surface area contributed by atoms with E-state index in [0.29, 0.717) is 0 Å². The van der Waals surface area contributed by atoms with Gasteiger partial charge in [-0.3, -0.25) is 0 Å². The quantitative estimate of drug-likeness (QED) is 0.664. The van der Waals surface area contributed by atoms with Gasteiger partial charge in [0.05, 0.1) is 17.2 Å². The summed E-state index contributed by atoms with van der Waals surface area (Å²) < 4.78 is 0. The molecular formula is C18H13+. The van der Waals surface area contributed by atoms with Gasteiger partial charge >= 0.3 is 0 Å². The standard InChI is InChI=1S/C18H13/c1-3-8-15(9-4-1)17-12-7-13-18(14-17)16-10-5-2-6-11-16/h1-6,8-14H/q+1. The fourth-order valence-electron chi connectivity index (χ4n) is 2.07. The second-order valence-electron chi connectivity index (χ2n) is 4.24. The minimum Gasteiger partial charge on any atom is -0.0621 e. The minimum atomic E-state index is 1.21. The van der Waals surface area contributed by atoms with E-state index >= 15 is 0 Å². The van der Waals surface area contributed by atoms with Gasteiger partial charge in [0.25, 0.3) is 0 Å². The number of benzene rings is 2. The first-order valence-corrected chi connectivity index (χ1v) is 6.05. The van der Waals surface area contributed by atoms with Crippen molar-refractivity contribution in [3.8, 4) is 0 Å². The lowest BCUT2D eigenvalue weighted by atomic mass is 9.95. The lowest BCUT2D eigenvalue weighted by molar-refractivity contribution is 1.57. The molecule has 0 bridgehead atoms. The summed E-state index contributed by atoms with van der Waals surface area (Å²) in [7, 11) is 0. The van der Waals surface area contributed by atoms with E-state index in [4.69, 9.17) is 0 Å². The third-order valence-corrected chi connectivity index (χ3v) is 3.00. The van der Waals surface area contributed by atoms with Crippen molar-refractivity contribution in [3.05, 3.63) is 96.1 Å². The summed E-state index contributed by atoms with van der Waals surface area (Å²) in [4.78, 5) is 0. The molecule has 0 fully saturated rings. The van der Waals surface area contributed by atoms with Crippen molar-refractivity contribution >= 4 is 11.1 Å². The zero-order chi connectivity index (χ0) is 12.2. The summed E-state index contributed by atoms with van der Waals surface area (Å²) in [6, 6.07) is 20.8. The molecule has 1 aliphatic rings. The summed E-state index contributed by atoms with van der Waals surface area (Å²) in [5.74, 6) is 0. The van der Waals surface area contributed by atoms with E-state index in [-0.39, 0.29) is 0 Å². The molecule has 2 aromatic carbocycles. The summed E-state index contributed by atoms with van der Waals surface area (Å²) in [6.07, 6.45) is 9.50. The molecule has 0 spiro atoms. The highest BCUT2D eigenvalue weighted by Gasteiger charge is 2.13. The Labute approximate surface area is 108 Å². The predicted molar refractivity (Wildman–Crippen MR) is 76.7 cm³/mol. The Morgan fingerprint density at radius 2 is 1.17 bits per heavy atom. The predicted octanol–water partition coefficient (Wildman–Crippen LogP) is 4.53. The summed E-state index contributed by atoms with van der Waals surface area (Å²) in [5.41, 5.74) is 4.87. The molecular weight excluding hydrogens is 216 g/mol. The third-order valence-electron chi connectivity index (χ3n) is 3.00. The van der Waals surface area contributed by atoms with E-state index in [1.165, 1.54) is 22.3 Å². The van der Waals surface area contributed by atoms with Crippen molar-refractivity contribution in [2.45, 2.75) is 0 Å². The second kappa shape index (κ2) is 4.83. The minimum absolute atomic E-state index is 1.21. The first-order valence-electron chi connectivity index (χ1n) is 6.05. The normalized spacial score (nSPS) is 13.6. The Morgan fingerprint density at radius 3 is 1.78 bits per heavy atom. The van der Waals surface area contributed by atoms with Crippen molar-refractivity contribution in [1.82, 2.24) is 0 Å². The molecule has 3 rings (SSSR count). The molecule has 0 saturated carbocycles. The maximum absolute atomic E-state index is 3.23. The maximum Gasteiger partial charge on any atom is 0.111 e. The molecule has 0 saturated heterocycles. The average Bonchev–Trinajstić information content (AvgIpc) is 2.49. The van der Waals surface area contributed by atoms with Gasteiger partial charge in [-0.05, 0) is 24.3 Å². The van der Waals surface area contributed by atoms with Crippen LogP contribution in [0.2, 0.25) is 0 Å². The van der Waals surface area contributed by atoms with Gasteiger partial charge in [-0.15, -0.1) is 0 Å². The van der Waals surface area contributed by atoms with E-state index in [1.807, 2.05) is 24.3 Å². The fraction of sp³-hybridized carbons (Fsp3) is 0. The van der Waals surface area contributed by atoms with Gasteiger partial charge in [-0.25, -0.2) is 0 Å². The Balaban J connectivity index is 1.99. The molecule has 0 aliphatic heterocycles. The molecule has 1 aliphatic carbocycles. The lowest BCUT2D eigenvalue weighted by Crippen LogP contribution is -1.88. The number of allylic oxidation sites excluding steroid dienone is 6. The highest BCUT2D eigenvalue weighted by atomic mass is 14.1. The molecule has 0 heteroatoms. The van der Waals surface area contributed by atoms with E-state index in [2.05, 4.69) is 60.7 Å². The zero-order valence-electron chi connectivity index (χ0n) is 10.0. The smallest absolute Gasteiger partial charge is 0.0621 e. The first kappa shape index (κ1) is 10.7. The van der Waals surface area contributed by atoms with Crippen molar-refractivity contribution in [3.63, 3.8) is 0 Å². The van der Waals surface area contributed by atoms with Crippen LogP contribution in [0.1, 0.15) is 11.1 Å². The average molecular weight is 229 g/mol. The molecule has 0 amide bonds. The SMILES string of the molecule is [C+]1=CC(c2ccccc2)=CC(c2ccccc2)=C1. The Kier molecular flexibility index (Phi) is 2.87. The van der Waals surface area contributed by atoms with Crippen molar-refractivity contribution in [2.75, 3.05) is 0 Å². The van der Waals surface area contributed by atoms with E-state index in [1.54, 1.807) is 0 Å². The maximum atomic E-state index is 3.23. The highest BCUT2D eigenvalue weighted by Crippen LogP contribution is 2.26. The Hall–Kier alpha value is -2.43. The van der Waals surface area contributed by atoms with Crippen LogP contribution >= 0.6 is 0 Å². The van der Waals surface area contributed by atoms with Crippen LogP contribution in [0.3, 0.4) is 0 Å². The van der Waals surface area contributed by atoms with Crippen LogP contribution in [0.25, 0.3) is 11.1 Å². The molecule has 2 aromatic rings. The monoisotopic (exact) mass is 229 g/mol. The van der Waals surface area contributed by atoms with Gasteiger partial charge in [0.2, 0.25) is 0 Å². The highest BCUT2D eigenvalue weighted by molar-refractivity contribution is 5.89. The van der Waals surface area contributed by atoms with Gasteiger partial charge in [0.15, 0.2) is 0 Å². The number of hydrogen-bond acceptors (Lipinski definition) is 0. The van der Waals surface area contributed by atoms with Crippen LogP contribution in [0.4, 0.5) is 0 Å². The second-order valence-corrected chi connectivity index (χ2v) is 4.24. The van der Waals surface area contributed by atoms with Gasteiger partial charge in [-0.2, -0.15) is 0 Å². The molecule has 18 heavy (non-hydrogen) atoms.